The van der Waals surface area contributed by atoms with E-state index in [9.17, 15) is 4.79 Å². The first-order chi connectivity index (χ1) is 9.27. The summed E-state index contributed by atoms with van der Waals surface area (Å²) in [5.74, 6) is 0.358. The minimum absolute atomic E-state index is 0.111. The van der Waals surface area contributed by atoms with Crippen molar-refractivity contribution in [3.05, 3.63) is 30.1 Å². The van der Waals surface area contributed by atoms with Gasteiger partial charge in [0.15, 0.2) is 0 Å². The Morgan fingerprint density at radius 1 is 1.42 bits per heavy atom. The molecule has 0 saturated carbocycles. The van der Waals surface area contributed by atoms with Crippen LogP contribution in [0.25, 0.3) is 0 Å². The Bertz CT molecular complexity index is 436. The highest BCUT2D eigenvalue weighted by Crippen LogP contribution is 2.10. The molecule has 0 aromatic carbocycles. The zero-order valence-electron chi connectivity index (χ0n) is 10.4. The van der Waals surface area contributed by atoms with Crippen LogP contribution < -0.4 is 5.32 Å². The minimum atomic E-state index is -0.111. The summed E-state index contributed by atoms with van der Waals surface area (Å²) >= 11 is 6.77. The summed E-state index contributed by atoms with van der Waals surface area (Å²) in [4.78, 5) is 17.7. The van der Waals surface area contributed by atoms with Crippen LogP contribution in [0.5, 0.6) is 0 Å². The average Bonchev–Trinajstić information content (AvgIpc) is 2.49. The van der Waals surface area contributed by atoms with E-state index in [1.165, 1.54) is 11.8 Å². The van der Waals surface area contributed by atoms with Crippen molar-refractivity contribution in [3.8, 4) is 0 Å². The number of aromatic nitrogens is 1. The number of morpholine rings is 1. The number of ether oxygens (including phenoxy) is 1. The van der Waals surface area contributed by atoms with Gasteiger partial charge < -0.3 is 15.0 Å². The molecule has 1 aromatic rings. The summed E-state index contributed by atoms with van der Waals surface area (Å²) in [5.41, 5.74) is 0.605. The van der Waals surface area contributed by atoms with Crippen LogP contribution in [0.4, 0.5) is 0 Å². The molecule has 2 rings (SSSR count). The van der Waals surface area contributed by atoms with Crippen molar-refractivity contribution in [2.24, 2.45) is 0 Å². The third kappa shape index (κ3) is 4.45. The molecule has 19 heavy (non-hydrogen) atoms. The van der Waals surface area contributed by atoms with Gasteiger partial charge in [0.05, 0.1) is 19.1 Å². The van der Waals surface area contributed by atoms with Crippen LogP contribution in [-0.2, 0) is 4.74 Å². The smallest absolute Gasteiger partial charge is 0.252 e. The summed E-state index contributed by atoms with van der Waals surface area (Å²) in [7, 11) is 0. The highest BCUT2D eigenvalue weighted by molar-refractivity contribution is 8.22. The third-order valence-electron chi connectivity index (χ3n) is 2.64. The number of thiocarbonyl (C=S) groups is 1. The van der Waals surface area contributed by atoms with E-state index >= 15 is 0 Å². The Labute approximate surface area is 121 Å². The maximum Gasteiger partial charge on any atom is 0.252 e. The molecule has 1 aliphatic rings. The standard InChI is InChI=1S/C12H15N3O2S2/c16-11(10-1-3-13-4-2-10)14-9-19-12(18)15-5-7-17-8-6-15/h1-4H,5-9H2,(H,14,16). The van der Waals surface area contributed by atoms with E-state index in [-0.39, 0.29) is 5.91 Å². The fraction of sp³-hybridized carbons (Fsp3) is 0.417. The zero-order valence-corrected chi connectivity index (χ0v) is 12.0. The first kappa shape index (κ1) is 14.2. The molecular weight excluding hydrogens is 282 g/mol. The third-order valence-corrected chi connectivity index (χ3v) is 4.05. The van der Waals surface area contributed by atoms with Crippen molar-refractivity contribution in [2.45, 2.75) is 0 Å². The number of nitrogens with zero attached hydrogens (tertiary/aromatic N) is 2. The van der Waals surface area contributed by atoms with Crippen molar-refractivity contribution < 1.29 is 9.53 Å². The van der Waals surface area contributed by atoms with E-state index in [2.05, 4.69) is 15.2 Å². The Hall–Kier alpha value is -1.18. The molecule has 102 valence electrons. The lowest BCUT2D eigenvalue weighted by Crippen LogP contribution is -2.39. The molecule has 1 aliphatic heterocycles. The second kappa shape index (κ2) is 7.42. The number of rotatable bonds is 3. The van der Waals surface area contributed by atoms with E-state index in [0.717, 1.165) is 17.4 Å². The molecule has 1 aromatic heterocycles. The van der Waals surface area contributed by atoms with Gasteiger partial charge in [-0.15, -0.1) is 0 Å². The molecule has 1 amide bonds. The van der Waals surface area contributed by atoms with Crippen LogP contribution in [0.2, 0.25) is 0 Å². The number of carbonyl (C=O) groups is 1. The van der Waals surface area contributed by atoms with E-state index < -0.39 is 0 Å². The number of pyridine rings is 1. The zero-order chi connectivity index (χ0) is 13.5. The number of nitrogens with one attached hydrogen (secondary N) is 1. The predicted molar refractivity (Wildman–Crippen MR) is 79.2 cm³/mol. The topological polar surface area (TPSA) is 54.5 Å². The summed E-state index contributed by atoms with van der Waals surface area (Å²) in [6.07, 6.45) is 3.20. The van der Waals surface area contributed by atoms with Gasteiger partial charge in [-0.25, -0.2) is 0 Å². The molecule has 0 atom stereocenters. The molecular formula is C12H15N3O2S2. The van der Waals surface area contributed by atoms with E-state index in [1.54, 1.807) is 24.5 Å². The summed E-state index contributed by atoms with van der Waals surface area (Å²) in [5, 5.41) is 2.82. The average molecular weight is 297 g/mol. The SMILES string of the molecule is O=C(NCSC(=S)N1CCOCC1)c1ccncc1. The summed E-state index contributed by atoms with van der Waals surface area (Å²) < 4.78 is 6.07. The molecule has 7 heteroatoms. The second-order valence-electron chi connectivity index (χ2n) is 3.90. The van der Waals surface area contributed by atoms with Gasteiger partial charge in [-0.05, 0) is 12.1 Å². The van der Waals surface area contributed by atoms with Gasteiger partial charge in [0.1, 0.15) is 4.32 Å². The largest absolute Gasteiger partial charge is 0.378 e. The van der Waals surface area contributed by atoms with Crippen LogP contribution in [0.15, 0.2) is 24.5 Å². The Kier molecular flexibility index (Phi) is 5.56. The van der Waals surface area contributed by atoms with Crippen LogP contribution >= 0.6 is 24.0 Å². The van der Waals surface area contributed by atoms with Crippen LogP contribution in [-0.4, -0.2) is 52.3 Å². The summed E-state index contributed by atoms with van der Waals surface area (Å²) in [6.45, 7) is 3.07. The van der Waals surface area contributed by atoms with Gasteiger partial charge in [0.25, 0.3) is 5.91 Å². The molecule has 0 spiro atoms. The van der Waals surface area contributed by atoms with E-state index in [1.807, 2.05) is 0 Å². The molecule has 0 unspecified atom stereocenters. The van der Waals surface area contributed by atoms with Crippen molar-refractivity contribution in [3.63, 3.8) is 0 Å². The Balaban J connectivity index is 1.71. The van der Waals surface area contributed by atoms with Crippen LogP contribution in [0.1, 0.15) is 10.4 Å². The quantitative estimate of drug-likeness (QED) is 0.666. The van der Waals surface area contributed by atoms with Gasteiger partial charge in [0.2, 0.25) is 0 Å². The fourth-order valence-electron chi connectivity index (χ4n) is 1.61. The second-order valence-corrected chi connectivity index (χ2v) is 5.50. The lowest BCUT2D eigenvalue weighted by atomic mass is 10.2. The lowest BCUT2D eigenvalue weighted by Gasteiger charge is -2.28. The summed E-state index contributed by atoms with van der Waals surface area (Å²) in [6, 6.07) is 3.36. The van der Waals surface area contributed by atoms with E-state index in [0.29, 0.717) is 24.7 Å². The lowest BCUT2D eigenvalue weighted by molar-refractivity contribution is 0.0702. The normalized spacial score (nSPS) is 15.1. The first-order valence-electron chi connectivity index (χ1n) is 5.95. The van der Waals surface area contributed by atoms with Crippen molar-refractivity contribution in [1.82, 2.24) is 15.2 Å². The maximum atomic E-state index is 11.8. The van der Waals surface area contributed by atoms with Crippen LogP contribution in [0.3, 0.4) is 0 Å². The molecule has 0 bridgehead atoms. The molecule has 0 aliphatic carbocycles. The van der Waals surface area contributed by atoms with Crippen molar-refractivity contribution in [1.29, 1.82) is 0 Å². The molecule has 1 fully saturated rings. The highest BCUT2D eigenvalue weighted by Gasteiger charge is 2.14. The minimum Gasteiger partial charge on any atom is -0.378 e. The maximum absolute atomic E-state index is 11.8. The van der Waals surface area contributed by atoms with Gasteiger partial charge in [-0.3, -0.25) is 9.78 Å². The number of hydrogen-bond acceptors (Lipinski definition) is 5. The Morgan fingerprint density at radius 3 is 2.79 bits per heavy atom. The van der Waals surface area contributed by atoms with Gasteiger partial charge in [-0.1, -0.05) is 24.0 Å². The van der Waals surface area contributed by atoms with Gasteiger partial charge in [0, 0.05) is 31.0 Å². The fourth-order valence-corrected chi connectivity index (χ4v) is 2.66. The van der Waals surface area contributed by atoms with Gasteiger partial charge >= 0.3 is 0 Å². The van der Waals surface area contributed by atoms with Crippen molar-refractivity contribution >= 4 is 34.2 Å². The van der Waals surface area contributed by atoms with Crippen LogP contribution in [0, 0.1) is 0 Å². The predicted octanol–water partition coefficient (Wildman–Crippen LogP) is 1.12. The number of thioether (sulfide) groups is 1. The monoisotopic (exact) mass is 297 g/mol. The Morgan fingerprint density at radius 2 is 2.11 bits per heavy atom. The number of hydrogen-bond donors (Lipinski definition) is 1. The molecule has 1 N–H and O–H groups in total. The van der Waals surface area contributed by atoms with Gasteiger partial charge in [-0.2, -0.15) is 0 Å². The molecule has 0 radical (unpaired) electrons. The highest BCUT2D eigenvalue weighted by atomic mass is 32.2. The first-order valence-corrected chi connectivity index (χ1v) is 7.34. The molecule has 1 saturated heterocycles. The van der Waals surface area contributed by atoms with E-state index in [4.69, 9.17) is 17.0 Å². The molecule has 5 nitrogen and oxygen atoms in total. The van der Waals surface area contributed by atoms with Crippen molar-refractivity contribution in [2.75, 3.05) is 32.2 Å². The number of carbonyl (C=O) groups excluding carboxylic acids is 1. The molecule has 2 heterocycles. The number of amides is 1.